The number of ether oxygens (including phenoxy) is 1. The number of hydrogen-bond donors (Lipinski definition) is 2. The molecule has 1 saturated heterocycles. The Kier molecular flexibility index (Phi) is 4.06. The lowest BCUT2D eigenvalue weighted by molar-refractivity contribution is -0.134. The second kappa shape index (κ2) is 5.75. The Morgan fingerprint density at radius 3 is 3.18 bits per heavy atom. The molecule has 0 radical (unpaired) electrons. The number of rotatable bonds is 3. The molecule has 17 heavy (non-hydrogen) atoms. The van der Waals surface area contributed by atoms with Gasteiger partial charge in [0.2, 0.25) is 0 Å². The summed E-state index contributed by atoms with van der Waals surface area (Å²) >= 11 is 0. The summed E-state index contributed by atoms with van der Waals surface area (Å²) in [6, 6.07) is 5.55. The summed E-state index contributed by atoms with van der Waals surface area (Å²) in [6.45, 7) is 3.87. The van der Waals surface area contributed by atoms with Crippen molar-refractivity contribution in [2.45, 2.75) is 19.1 Å². The van der Waals surface area contributed by atoms with Crippen LogP contribution in [0.4, 0.5) is 0 Å². The van der Waals surface area contributed by atoms with Crippen molar-refractivity contribution in [3.63, 3.8) is 0 Å². The second-order valence-corrected chi connectivity index (χ2v) is 4.05. The fourth-order valence-corrected chi connectivity index (χ4v) is 1.75. The van der Waals surface area contributed by atoms with Crippen LogP contribution in [0.5, 0.6) is 0 Å². The van der Waals surface area contributed by atoms with E-state index in [1.165, 1.54) is 0 Å². The van der Waals surface area contributed by atoms with Crippen LogP contribution in [-0.4, -0.2) is 36.7 Å². The number of carbonyl (C=O) groups excluding carboxylic acids is 1. The maximum absolute atomic E-state index is 11.9. The number of amides is 1. The molecular weight excluding hydrogens is 218 g/mol. The van der Waals surface area contributed by atoms with E-state index in [1.807, 2.05) is 25.1 Å². The molecule has 0 saturated carbocycles. The standard InChI is InChI=1S/C12H17N3O2/c1-9(10-4-2-3-5-14-10)15-12(16)11-8-13-6-7-17-11/h2-5,9,11,13H,6-8H2,1H3,(H,15,16)/t9-,11?/m1/s1. The largest absolute Gasteiger partial charge is 0.366 e. The van der Waals surface area contributed by atoms with Gasteiger partial charge in [-0.3, -0.25) is 9.78 Å². The number of nitrogens with one attached hydrogen (secondary N) is 2. The van der Waals surface area contributed by atoms with E-state index in [2.05, 4.69) is 15.6 Å². The van der Waals surface area contributed by atoms with Crippen LogP contribution in [0.25, 0.3) is 0 Å². The number of hydrogen-bond acceptors (Lipinski definition) is 4. The van der Waals surface area contributed by atoms with Crippen molar-refractivity contribution in [3.8, 4) is 0 Å². The molecule has 1 unspecified atom stereocenters. The molecule has 1 fully saturated rings. The van der Waals surface area contributed by atoms with Crippen molar-refractivity contribution in [3.05, 3.63) is 30.1 Å². The van der Waals surface area contributed by atoms with Crippen molar-refractivity contribution in [1.82, 2.24) is 15.6 Å². The van der Waals surface area contributed by atoms with Gasteiger partial charge in [0, 0.05) is 19.3 Å². The number of pyridine rings is 1. The van der Waals surface area contributed by atoms with Crippen molar-refractivity contribution < 1.29 is 9.53 Å². The van der Waals surface area contributed by atoms with E-state index in [1.54, 1.807) is 6.20 Å². The van der Waals surface area contributed by atoms with Crippen LogP contribution >= 0.6 is 0 Å². The van der Waals surface area contributed by atoms with Crippen LogP contribution < -0.4 is 10.6 Å². The SMILES string of the molecule is C[C@@H](NC(=O)C1CNCCO1)c1ccccn1. The lowest BCUT2D eigenvalue weighted by Gasteiger charge is -2.24. The minimum atomic E-state index is -0.394. The van der Waals surface area contributed by atoms with Crippen molar-refractivity contribution in [2.75, 3.05) is 19.7 Å². The van der Waals surface area contributed by atoms with Crippen LogP contribution in [0.3, 0.4) is 0 Å². The summed E-state index contributed by atoms with van der Waals surface area (Å²) in [7, 11) is 0. The van der Waals surface area contributed by atoms with Crippen LogP contribution in [0.15, 0.2) is 24.4 Å². The minimum Gasteiger partial charge on any atom is -0.366 e. The first-order valence-electron chi connectivity index (χ1n) is 5.81. The molecule has 5 nitrogen and oxygen atoms in total. The van der Waals surface area contributed by atoms with Crippen molar-refractivity contribution in [1.29, 1.82) is 0 Å². The fourth-order valence-electron chi connectivity index (χ4n) is 1.75. The molecule has 1 aliphatic heterocycles. The molecule has 0 bridgehead atoms. The van der Waals surface area contributed by atoms with Gasteiger partial charge in [0.05, 0.1) is 18.3 Å². The third-order valence-electron chi connectivity index (χ3n) is 2.71. The first-order valence-corrected chi connectivity index (χ1v) is 5.81. The van der Waals surface area contributed by atoms with Crippen molar-refractivity contribution in [2.24, 2.45) is 0 Å². The lowest BCUT2D eigenvalue weighted by Crippen LogP contribution is -2.48. The number of carbonyl (C=O) groups is 1. The fraction of sp³-hybridized carbons (Fsp3) is 0.500. The number of aromatic nitrogens is 1. The molecule has 2 atom stereocenters. The Balaban J connectivity index is 1.89. The van der Waals surface area contributed by atoms with E-state index >= 15 is 0 Å². The zero-order valence-corrected chi connectivity index (χ0v) is 9.85. The van der Waals surface area contributed by atoms with E-state index < -0.39 is 6.10 Å². The maximum atomic E-state index is 11.9. The molecular formula is C12H17N3O2. The smallest absolute Gasteiger partial charge is 0.250 e. The third-order valence-corrected chi connectivity index (χ3v) is 2.71. The van der Waals surface area contributed by atoms with Crippen LogP contribution in [0, 0.1) is 0 Å². The highest BCUT2D eigenvalue weighted by atomic mass is 16.5. The van der Waals surface area contributed by atoms with Gasteiger partial charge in [-0.25, -0.2) is 0 Å². The Bertz CT molecular complexity index is 363. The lowest BCUT2D eigenvalue weighted by atomic mass is 10.2. The Hall–Kier alpha value is -1.46. The van der Waals surface area contributed by atoms with Gasteiger partial charge in [0.15, 0.2) is 0 Å². The van der Waals surface area contributed by atoms with Gasteiger partial charge in [-0.15, -0.1) is 0 Å². The van der Waals surface area contributed by atoms with E-state index in [-0.39, 0.29) is 11.9 Å². The molecule has 2 heterocycles. The minimum absolute atomic E-state index is 0.0876. The highest BCUT2D eigenvalue weighted by Gasteiger charge is 2.23. The van der Waals surface area contributed by atoms with E-state index in [4.69, 9.17) is 4.74 Å². The summed E-state index contributed by atoms with van der Waals surface area (Å²) in [5, 5.41) is 6.03. The first kappa shape index (κ1) is 12.0. The number of morpholine rings is 1. The molecule has 0 aliphatic carbocycles. The normalized spacial score (nSPS) is 21.8. The third kappa shape index (κ3) is 3.25. The Morgan fingerprint density at radius 1 is 1.65 bits per heavy atom. The summed E-state index contributed by atoms with van der Waals surface area (Å²) in [5.74, 6) is -0.0876. The molecule has 0 aromatic carbocycles. The highest BCUT2D eigenvalue weighted by Crippen LogP contribution is 2.08. The summed E-state index contributed by atoms with van der Waals surface area (Å²) in [6.07, 6.45) is 1.33. The van der Waals surface area contributed by atoms with Crippen molar-refractivity contribution >= 4 is 5.91 Å². The summed E-state index contributed by atoms with van der Waals surface area (Å²) in [5.41, 5.74) is 0.851. The number of nitrogens with zero attached hydrogens (tertiary/aromatic N) is 1. The first-order chi connectivity index (χ1) is 8.27. The van der Waals surface area contributed by atoms with E-state index in [0.717, 1.165) is 12.2 Å². The molecule has 1 aromatic rings. The topological polar surface area (TPSA) is 63.2 Å². The molecule has 92 valence electrons. The summed E-state index contributed by atoms with van der Waals surface area (Å²) in [4.78, 5) is 16.1. The molecule has 2 rings (SSSR count). The van der Waals surface area contributed by atoms with Gasteiger partial charge in [-0.2, -0.15) is 0 Å². The van der Waals surface area contributed by atoms with Gasteiger partial charge < -0.3 is 15.4 Å². The maximum Gasteiger partial charge on any atom is 0.250 e. The van der Waals surface area contributed by atoms with Gasteiger partial charge >= 0.3 is 0 Å². The molecule has 1 aromatic heterocycles. The van der Waals surface area contributed by atoms with E-state index in [0.29, 0.717) is 13.2 Å². The molecule has 5 heteroatoms. The molecule has 2 N–H and O–H groups in total. The average Bonchev–Trinajstić information content (AvgIpc) is 2.40. The zero-order valence-electron chi connectivity index (χ0n) is 9.85. The average molecular weight is 235 g/mol. The van der Waals surface area contributed by atoms with Gasteiger partial charge in [-0.05, 0) is 19.1 Å². The highest BCUT2D eigenvalue weighted by molar-refractivity contribution is 5.81. The van der Waals surface area contributed by atoms with Crippen LogP contribution in [-0.2, 0) is 9.53 Å². The monoisotopic (exact) mass is 235 g/mol. The second-order valence-electron chi connectivity index (χ2n) is 4.05. The van der Waals surface area contributed by atoms with Crippen LogP contribution in [0.2, 0.25) is 0 Å². The molecule has 1 aliphatic rings. The predicted molar refractivity (Wildman–Crippen MR) is 63.4 cm³/mol. The zero-order chi connectivity index (χ0) is 12.1. The Morgan fingerprint density at radius 2 is 2.53 bits per heavy atom. The Labute approximate surface area is 101 Å². The quantitative estimate of drug-likeness (QED) is 0.788. The molecule has 1 amide bonds. The summed E-state index contributed by atoms with van der Waals surface area (Å²) < 4.78 is 5.38. The molecule has 0 spiro atoms. The van der Waals surface area contributed by atoms with Crippen LogP contribution in [0.1, 0.15) is 18.7 Å². The van der Waals surface area contributed by atoms with Gasteiger partial charge in [0.1, 0.15) is 6.10 Å². The predicted octanol–water partition coefficient (Wildman–Crippen LogP) is 0.247. The van der Waals surface area contributed by atoms with Gasteiger partial charge in [-0.1, -0.05) is 6.07 Å². The van der Waals surface area contributed by atoms with E-state index in [9.17, 15) is 4.79 Å². The van der Waals surface area contributed by atoms with Gasteiger partial charge in [0.25, 0.3) is 5.91 Å².